The van der Waals surface area contributed by atoms with Crippen molar-refractivity contribution in [3.63, 3.8) is 0 Å². The third-order valence-corrected chi connectivity index (χ3v) is 5.14. The Morgan fingerprint density at radius 1 is 1.05 bits per heavy atom. The molecule has 4 rings (SSSR count). The first-order valence-corrected chi connectivity index (χ1v) is 7.05. The monoisotopic (exact) mass is 255 g/mol. The van der Waals surface area contributed by atoms with Crippen LogP contribution in [0.5, 0.6) is 0 Å². The molecule has 0 amide bonds. The van der Waals surface area contributed by atoms with Gasteiger partial charge in [0.05, 0.1) is 24.8 Å². The lowest BCUT2D eigenvalue weighted by atomic mass is 9.80. The van der Waals surface area contributed by atoms with Crippen LogP contribution in [0.4, 0.5) is 0 Å². The van der Waals surface area contributed by atoms with Gasteiger partial charge >= 0.3 is 0 Å². The van der Waals surface area contributed by atoms with E-state index in [0.29, 0.717) is 11.3 Å². The summed E-state index contributed by atoms with van der Waals surface area (Å²) in [6, 6.07) is 10.3. The van der Waals surface area contributed by atoms with Gasteiger partial charge < -0.3 is 9.47 Å². The molecule has 3 nitrogen and oxygen atoms in total. The van der Waals surface area contributed by atoms with Crippen molar-refractivity contribution in [1.29, 1.82) is 5.26 Å². The zero-order valence-corrected chi connectivity index (χ0v) is 10.9. The molecule has 19 heavy (non-hydrogen) atoms. The van der Waals surface area contributed by atoms with E-state index < -0.39 is 0 Å². The van der Waals surface area contributed by atoms with E-state index in [2.05, 4.69) is 18.2 Å². The van der Waals surface area contributed by atoms with Crippen molar-refractivity contribution in [2.24, 2.45) is 5.92 Å². The molecule has 2 saturated carbocycles. The van der Waals surface area contributed by atoms with Crippen molar-refractivity contribution in [3.8, 4) is 6.07 Å². The largest absolute Gasteiger partial charge is 0.348 e. The number of hydrogen-bond donors (Lipinski definition) is 0. The quantitative estimate of drug-likeness (QED) is 0.775. The van der Waals surface area contributed by atoms with Crippen LogP contribution >= 0.6 is 0 Å². The zero-order valence-electron chi connectivity index (χ0n) is 10.9. The summed E-state index contributed by atoms with van der Waals surface area (Å²) in [6.45, 7) is 1.49. The molecule has 2 atom stereocenters. The fourth-order valence-electron chi connectivity index (χ4n) is 3.98. The first-order chi connectivity index (χ1) is 9.26. The highest BCUT2D eigenvalue weighted by atomic mass is 16.7. The summed E-state index contributed by atoms with van der Waals surface area (Å²) in [6.07, 6.45) is 4.42. The van der Waals surface area contributed by atoms with Gasteiger partial charge in [0.15, 0.2) is 5.79 Å². The Morgan fingerprint density at radius 2 is 1.79 bits per heavy atom. The van der Waals surface area contributed by atoms with Crippen LogP contribution in [0, 0.1) is 17.2 Å². The van der Waals surface area contributed by atoms with Crippen LogP contribution in [-0.2, 0) is 14.9 Å². The third-order valence-electron chi connectivity index (χ3n) is 5.14. The number of benzene rings is 1. The van der Waals surface area contributed by atoms with Gasteiger partial charge in [-0.1, -0.05) is 12.1 Å². The lowest BCUT2D eigenvalue weighted by Crippen LogP contribution is -2.37. The van der Waals surface area contributed by atoms with E-state index in [1.54, 1.807) is 0 Å². The van der Waals surface area contributed by atoms with Gasteiger partial charge in [0.1, 0.15) is 0 Å². The predicted molar refractivity (Wildman–Crippen MR) is 69.4 cm³/mol. The predicted octanol–water partition coefficient (Wildman–Crippen LogP) is 2.74. The fraction of sp³-hybridized carbons (Fsp3) is 0.562. The maximum Gasteiger partial charge on any atom is 0.168 e. The molecule has 0 bridgehead atoms. The Hall–Kier alpha value is -1.37. The van der Waals surface area contributed by atoms with Crippen LogP contribution in [0.25, 0.3) is 0 Å². The summed E-state index contributed by atoms with van der Waals surface area (Å²) >= 11 is 0. The van der Waals surface area contributed by atoms with E-state index in [1.807, 2.05) is 12.1 Å². The van der Waals surface area contributed by atoms with E-state index in [1.165, 1.54) is 12.0 Å². The Kier molecular flexibility index (Phi) is 2.30. The third kappa shape index (κ3) is 1.64. The molecule has 3 aliphatic rings. The molecule has 1 spiro atoms. The number of nitrogens with zero attached hydrogens (tertiary/aromatic N) is 1. The molecule has 1 saturated heterocycles. The zero-order chi connectivity index (χ0) is 12.9. The molecule has 0 aromatic heterocycles. The summed E-state index contributed by atoms with van der Waals surface area (Å²) in [5.41, 5.74) is 2.48. The van der Waals surface area contributed by atoms with Crippen molar-refractivity contribution < 1.29 is 9.47 Å². The number of hydrogen-bond acceptors (Lipinski definition) is 3. The molecule has 1 heterocycles. The second-order valence-corrected chi connectivity index (χ2v) is 6.06. The normalized spacial score (nSPS) is 34.8. The van der Waals surface area contributed by atoms with Crippen LogP contribution in [-0.4, -0.2) is 19.0 Å². The maximum absolute atomic E-state index is 8.87. The number of nitriles is 1. The average Bonchev–Trinajstić information content (AvgIpc) is 3.01. The number of rotatable bonds is 1. The van der Waals surface area contributed by atoms with Gasteiger partial charge in [-0.3, -0.25) is 0 Å². The Balaban J connectivity index is 1.56. The van der Waals surface area contributed by atoms with Crippen LogP contribution in [0.2, 0.25) is 0 Å². The Bertz CT molecular complexity index is 539. The average molecular weight is 255 g/mol. The lowest BCUT2D eigenvalue weighted by Gasteiger charge is -2.35. The number of fused-ring (bicyclic) bond motifs is 1. The summed E-state index contributed by atoms with van der Waals surface area (Å²) in [4.78, 5) is 0. The van der Waals surface area contributed by atoms with E-state index in [9.17, 15) is 0 Å². The summed E-state index contributed by atoms with van der Waals surface area (Å²) in [7, 11) is 0. The minimum absolute atomic E-state index is 0.267. The highest BCUT2D eigenvalue weighted by Gasteiger charge is 2.62. The van der Waals surface area contributed by atoms with Crippen molar-refractivity contribution in [1.82, 2.24) is 0 Å². The van der Waals surface area contributed by atoms with Gasteiger partial charge in [0.25, 0.3) is 0 Å². The maximum atomic E-state index is 8.87. The minimum atomic E-state index is -0.267. The molecule has 3 fully saturated rings. The van der Waals surface area contributed by atoms with Gasteiger partial charge in [0.2, 0.25) is 0 Å². The molecule has 1 aromatic rings. The highest BCUT2D eigenvalue weighted by molar-refractivity contribution is 5.40. The summed E-state index contributed by atoms with van der Waals surface area (Å²) in [5, 5.41) is 8.87. The summed E-state index contributed by atoms with van der Waals surface area (Å²) in [5.74, 6) is 0.421. The first kappa shape index (κ1) is 11.5. The molecule has 2 aliphatic carbocycles. The van der Waals surface area contributed by atoms with Crippen LogP contribution in [0.3, 0.4) is 0 Å². The van der Waals surface area contributed by atoms with E-state index in [4.69, 9.17) is 14.7 Å². The van der Waals surface area contributed by atoms with E-state index >= 15 is 0 Å². The molecule has 0 radical (unpaired) electrons. The molecular weight excluding hydrogens is 238 g/mol. The minimum Gasteiger partial charge on any atom is -0.348 e. The van der Waals surface area contributed by atoms with Crippen molar-refractivity contribution in [2.45, 2.75) is 36.9 Å². The SMILES string of the molecule is N#Cc1ccc(C23CCC4(CC2C3)OCCO4)cc1. The second-order valence-electron chi connectivity index (χ2n) is 6.06. The van der Waals surface area contributed by atoms with Crippen LogP contribution in [0.1, 0.15) is 36.8 Å². The van der Waals surface area contributed by atoms with Gasteiger partial charge in [-0.05, 0) is 41.9 Å². The lowest BCUT2D eigenvalue weighted by molar-refractivity contribution is -0.180. The van der Waals surface area contributed by atoms with Crippen LogP contribution < -0.4 is 0 Å². The topological polar surface area (TPSA) is 42.2 Å². The van der Waals surface area contributed by atoms with Gasteiger partial charge in [-0.25, -0.2) is 0 Å². The molecular formula is C16H17NO2. The molecule has 98 valence electrons. The van der Waals surface area contributed by atoms with E-state index in [0.717, 1.165) is 38.0 Å². The molecule has 1 aliphatic heterocycles. The molecule has 3 heteroatoms. The summed E-state index contributed by atoms with van der Waals surface area (Å²) < 4.78 is 11.7. The van der Waals surface area contributed by atoms with E-state index in [-0.39, 0.29) is 5.79 Å². The Morgan fingerprint density at radius 3 is 2.42 bits per heavy atom. The fourth-order valence-corrected chi connectivity index (χ4v) is 3.98. The van der Waals surface area contributed by atoms with Crippen molar-refractivity contribution in [2.75, 3.05) is 13.2 Å². The first-order valence-electron chi connectivity index (χ1n) is 7.05. The molecule has 2 unspecified atom stereocenters. The second kappa shape index (κ2) is 3.82. The molecule has 0 N–H and O–H groups in total. The highest BCUT2D eigenvalue weighted by Crippen LogP contribution is 2.65. The smallest absolute Gasteiger partial charge is 0.168 e. The number of ether oxygens (including phenoxy) is 2. The molecule has 1 aromatic carbocycles. The van der Waals surface area contributed by atoms with Gasteiger partial charge in [-0.15, -0.1) is 0 Å². The van der Waals surface area contributed by atoms with Gasteiger partial charge in [-0.2, -0.15) is 5.26 Å². The van der Waals surface area contributed by atoms with Gasteiger partial charge in [0, 0.05) is 12.8 Å². The standard InChI is InChI=1S/C16H17NO2/c17-11-12-1-3-13(4-2-12)15-5-6-16(10-14(15)9-15)18-7-8-19-16/h1-4,14H,5-10H2. The van der Waals surface area contributed by atoms with Crippen LogP contribution in [0.15, 0.2) is 24.3 Å². The van der Waals surface area contributed by atoms with Crippen molar-refractivity contribution in [3.05, 3.63) is 35.4 Å². The van der Waals surface area contributed by atoms with Crippen molar-refractivity contribution >= 4 is 0 Å². The Labute approximate surface area is 113 Å².